The Labute approximate surface area is 124 Å². The van der Waals surface area contributed by atoms with Gasteiger partial charge in [0.05, 0.1) is 11.1 Å². The number of rotatable bonds is 7. The molecule has 0 fully saturated rings. The van der Waals surface area contributed by atoms with E-state index in [-0.39, 0.29) is 17.0 Å². The van der Waals surface area contributed by atoms with E-state index < -0.39 is 4.92 Å². The highest BCUT2D eigenvalue weighted by atomic mass is 16.6. The molecule has 1 heterocycles. The number of aryl methyl sites for hydroxylation is 1. The van der Waals surface area contributed by atoms with Crippen LogP contribution in [0.2, 0.25) is 0 Å². The van der Waals surface area contributed by atoms with Crippen LogP contribution in [0, 0.1) is 15.5 Å². The first-order chi connectivity index (χ1) is 9.71. The summed E-state index contributed by atoms with van der Waals surface area (Å²) >= 11 is 0. The lowest BCUT2D eigenvalue weighted by atomic mass is 9.93. The third-order valence-electron chi connectivity index (χ3n) is 3.37. The summed E-state index contributed by atoms with van der Waals surface area (Å²) in [6, 6.07) is 1.32. The van der Waals surface area contributed by atoms with Crippen LogP contribution in [0.25, 0.3) is 0 Å². The summed E-state index contributed by atoms with van der Waals surface area (Å²) in [6.07, 6.45) is 2.17. The average Bonchev–Trinajstić information content (AvgIpc) is 2.79. The van der Waals surface area contributed by atoms with Gasteiger partial charge in [0.25, 0.3) is 11.6 Å². The number of hydrogen-bond acceptors (Lipinski definition) is 4. The molecule has 0 aliphatic carbocycles. The van der Waals surface area contributed by atoms with Gasteiger partial charge in [-0.2, -0.15) is 0 Å². The SMILES string of the molecule is CCCN(CC(C)(C)CN)C(=O)c1cc([N+](=O)[O-])cn1C. The summed E-state index contributed by atoms with van der Waals surface area (Å²) in [5.41, 5.74) is 5.79. The number of hydrogen-bond donors (Lipinski definition) is 1. The predicted octanol–water partition coefficient (Wildman–Crippen LogP) is 1.77. The number of amides is 1. The Morgan fingerprint density at radius 2 is 2.14 bits per heavy atom. The van der Waals surface area contributed by atoms with Crippen molar-refractivity contribution in [2.75, 3.05) is 19.6 Å². The quantitative estimate of drug-likeness (QED) is 0.613. The second-order valence-electron chi connectivity index (χ2n) is 6.05. The van der Waals surface area contributed by atoms with Crippen molar-refractivity contribution in [2.45, 2.75) is 27.2 Å². The highest BCUT2D eigenvalue weighted by Gasteiger charge is 2.27. The molecular weight excluding hydrogens is 272 g/mol. The van der Waals surface area contributed by atoms with Crippen LogP contribution >= 0.6 is 0 Å². The second-order valence-corrected chi connectivity index (χ2v) is 6.05. The third-order valence-corrected chi connectivity index (χ3v) is 3.37. The molecule has 1 rings (SSSR count). The van der Waals surface area contributed by atoms with Gasteiger partial charge in [-0.05, 0) is 18.4 Å². The molecular formula is C14H24N4O3. The van der Waals surface area contributed by atoms with Crippen LogP contribution in [0.1, 0.15) is 37.7 Å². The van der Waals surface area contributed by atoms with Crippen LogP contribution in [0.4, 0.5) is 5.69 Å². The summed E-state index contributed by atoms with van der Waals surface area (Å²) in [4.78, 5) is 24.7. The number of aromatic nitrogens is 1. The molecule has 7 heteroatoms. The maximum Gasteiger partial charge on any atom is 0.287 e. The third kappa shape index (κ3) is 4.29. The molecule has 0 saturated heterocycles. The topological polar surface area (TPSA) is 94.4 Å². The number of carbonyl (C=O) groups is 1. The van der Waals surface area contributed by atoms with Crippen LogP contribution < -0.4 is 5.73 Å². The van der Waals surface area contributed by atoms with Gasteiger partial charge in [0, 0.05) is 26.2 Å². The molecule has 0 aliphatic heterocycles. The standard InChI is InChI=1S/C14H24N4O3/c1-5-6-17(10-14(2,3)9-15)13(19)12-7-11(18(20)21)8-16(12)4/h7-8H,5-6,9-10,15H2,1-4H3. The molecule has 0 spiro atoms. The van der Waals surface area contributed by atoms with Crippen LogP contribution in [-0.4, -0.2) is 39.9 Å². The highest BCUT2D eigenvalue weighted by molar-refractivity contribution is 5.93. The van der Waals surface area contributed by atoms with E-state index in [9.17, 15) is 14.9 Å². The van der Waals surface area contributed by atoms with Crippen molar-refractivity contribution in [3.8, 4) is 0 Å². The Kier molecular flexibility index (Phi) is 5.48. The minimum atomic E-state index is -0.495. The van der Waals surface area contributed by atoms with E-state index in [0.29, 0.717) is 25.3 Å². The van der Waals surface area contributed by atoms with Crippen LogP contribution in [0.5, 0.6) is 0 Å². The van der Waals surface area contributed by atoms with Crippen molar-refractivity contribution < 1.29 is 9.72 Å². The van der Waals surface area contributed by atoms with Gasteiger partial charge in [0.15, 0.2) is 0 Å². The van der Waals surface area contributed by atoms with Gasteiger partial charge in [-0.15, -0.1) is 0 Å². The summed E-state index contributed by atoms with van der Waals surface area (Å²) in [6.45, 7) is 7.57. The number of nitrogens with two attached hydrogens (primary N) is 1. The van der Waals surface area contributed by atoms with Crippen molar-refractivity contribution in [3.63, 3.8) is 0 Å². The molecule has 1 amide bonds. The summed E-state index contributed by atoms with van der Waals surface area (Å²) in [7, 11) is 1.64. The first kappa shape index (κ1) is 17.2. The Bertz CT molecular complexity index is 522. The Balaban J connectivity index is 3.03. The molecule has 0 unspecified atom stereocenters. The van der Waals surface area contributed by atoms with E-state index in [2.05, 4.69) is 0 Å². The average molecular weight is 296 g/mol. The molecule has 0 radical (unpaired) electrons. The molecule has 0 bridgehead atoms. The zero-order valence-corrected chi connectivity index (χ0v) is 13.1. The first-order valence-electron chi connectivity index (χ1n) is 7.02. The van der Waals surface area contributed by atoms with Gasteiger partial charge >= 0.3 is 0 Å². The monoisotopic (exact) mass is 296 g/mol. The lowest BCUT2D eigenvalue weighted by molar-refractivity contribution is -0.384. The molecule has 118 valence electrons. The van der Waals surface area contributed by atoms with E-state index in [4.69, 9.17) is 5.73 Å². The Morgan fingerprint density at radius 1 is 1.52 bits per heavy atom. The van der Waals surface area contributed by atoms with Gasteiger partial charge in [0.1, 0.15) is 5.69 Å². The van der Waals surface area contributed by atoms with Crippen molar-refractivity contribution in [3.05, 3.63) is 28.1 Å². The van der Waals surface area contributed by atoms with E-state index in [1.807, 2.05) is 20.8 Å². The molecule has 0 aromatic carbocycles. The lowest BCUT2D eigenvalue weighted by Crippen LogP contribution is -2.42. The number of carbonyl (C=O) groups excluding carboxylic acids is 1. The molecule has 7 nitrogen and oxygen atoms in total. The van der Waals surface area contributed by atoms with Crippen molar-refractivity contribution in [1.29, 1.82) is 0 Å². The number of nitrogens with zero attached hydrogens (tertiary/aromatic N) is 3. The molecule has 1 aromatic heterocycles. The Morgan fingerprint density at radius 3 is 2.57 bits per heavy atom. The van der Waals surface area contributed by atoms with Crippen molar-refractivity contribution in [2.24, 2.45) is 18.2 Å². The van der Waals surface area contributed by atoms with Gasteiger partial charge < -0.3 is 15.2 Å². The maximum absolute atomic E-state index is 12.6. The van der Waals surface area contributed by atoms with E-state index in [0.717, 1.165) is 6.42 Å². The summed E-state index contributed by atoms with van der Waals surface area (Å²) < 4.78 is 1.50. The van der Waals surface area contributed by atoms with Gasteiger partial charge in [0.2, 0.25) is 0 Å². The van der Waals surface area contributed by atoms with Crippen molar-refractivity contribution >= 4 is 11.6 Å². The van der Waals surface area contributed by atoms with Crippen LogP contribution in [0.3, 0.4) is 0 Å². The molecule has 2 N–H and O–H groups in total. The fourth-order valence-corrected chi connectivity index (χ4v) is 2.13. The minimum absolute atomic E-state index is 0.0737. The fourth-order valence-electron chi connectivity index (χ4n) is 2.13. The van der Waals surface area contributed by atoms with E-state index in [1.165, 1.54) is 16.8 Å². The highest BCUT2D eigenvalue weighted by Crippen LogP contribution is 2.20. The zero-order chi connectivity index (χ0) is 16.2. The molecule has 1 aromatic rings. The zero-order valence-electron chi connectivity index (χ0n) is 13.1. The summed E-state index contributed by atoms with van der Waals surface area (Å²) in [5, 5.41) is 10.8. The van der Waals surface area contributed by atoms with E-state index in [1.54, 1.807) is 11.9 Å². The van der Waals surface area contributed by atoms with Gasteiger partial charge in [-0.3, -0.25) is 14.9 Å². The molecule has 21 heavy (non-hydrogen) atoms. The smallest absolute Gasteiger partial charge is 0.287 e. The second kappa shape index (κ2) is 6.71. The predicted molar refractivity (Wildman–Crippen MR) is 81.1 cm³/mol. The van der Waals surface area contributed by atoms with Gasteiger partial charge in [-0.25, -0.2) is 0 Å². The fraction of sp³-hybridized carbons (Fsp3) is 0.643. The lowest BCUT2D eigenvalue weighted by Gasteiger charge is -2.31. The molecule has 0 aliphatic rings. The first-order valence-corrected chi connectivity index (χ1v) is 7.02. The van der Waals surface area contributed by atoms with Crippen molar-refractivity contribution in [1.82, 2.24) is 9.47 Å². The van der Waals surface area contributed by atoms with Crippen LogP contribution in [0.15, 0.2) is 12.3 Å². The van der Waals surface area contributed by atoms with E-state index >= 15 is 0 Å². The minimum Gasteiger partial charge on any atom is -0.340 e. The normalized spacial score (nSPS) is 11.5. The number of nitro groups is 1. The largest absolute Gasteiger partial charge is 0.340 e. The molecule has 0 saturated carbocycles. The maximum atomic E-state index is 12.6. The van der Waals surface area contributed by atoms with Crippen LogP contribution in [-0.2, 0) is 7.05 Å². The Hall–Kier alpha value is -1.89. The summed E-state index contributed by atoms with van der Waals surface area (Å²) in [5.74, 6) is -0.200. The van der Waals surface area contributed by atoms with Gasteiger partial charge in [-0.1, -0.05) is 20.8 Å². The molecule has 0 atom stereocenters.